The first-order valence-electron chi connectivity index (χ1n) is 6.96. The van der Waals surface area contributed by atoms with E-state index in [2.05, 4.69) is 25.7 Å². The SMILES string of the molecule is CCOC(=O)CN(C(C)C)C1CCC(C)CC1. The minimum absolute atomic E-state index is 0.0835. The molecule has 100 valence electrons. The van der Waals surface area contributed by atoms with Gasteiger partial charge in [0.05, 0.1) is 13.2 Å². The molecule has 0 aliphatic heterocycles. The van der Waals surface area contributed by atoms with Gasteiger partial charge >= 0.3 is 5.97 Å². The van der Waals surface area contributed by atoms with Crippen LogP contribution in [0.1, 0.15) is 53.4 Å². The van der Waals surface area contributed by atoms with Crippen LogP contribution in [0.25, 0.3) is 0 Å². The van der Waals surface area contributed by atoms with E-state index in [1.54, 1.807) is 0 Å². The van der Waals surface area contributed by atoms with Gasteiger partial charge in [0.25, 0.3) is 0 Å². The second kappa shape index (κ2) is 7.00. The van der Waals surface area contributed by atoms with Crippen LogP contribution in [0.3, 0.4) is 0 Å². The Bertz CT molecular complexity index is 232. The first kappa shape index (κ1) is 14.5. The summed E-state index contributed by atoms with van der Waals surface area (Å²) >= 11 is 0. The Morgan fingerprint density at radius 3 is 2.35 bits per heavy atom. The highest BCUT2D eigenvalue weighted by Gasteiger charge is 2.27. The Balaban J connectivity index is 2.50. The highest BCUT2D eigenvalue weighted by Crippen LogP contribution is 2.28. The van der Waals surface area contributed by atoms with Gasteiger partial charge in [-0.3, -0.25) is 9.69 Å². The molecule has 17 heavy (non-hydrogen) atoms. The monoisotopic (exact) mass is 241 g/mol. The van der Waals surface area contributed by atoms with Crippen molar-refractivity contribution in [3.63, 3.8) is 0 Å². The highest BCUT2D eigenvalue weighted by atomic mass is 16.5. The van der Waals surface area contributed by atoms with Crippen LogP contribution in [0, 0.1) is 5.92 Å². The Morgan fingerprint density at radius 2 is 1.88 bits per heavy atom. The standard InChI is InChI=1S/C14H27NO2/c1-5-17-14(16)10-15(11(2)3)13-8-6-12(4)7-9-13/h11-13H,5-10H2,1-4H3. The van der Waals surface area contributed by atoms with E-state index in [-0.39, 0.29) is 5.97 Å². The molecule has 3 nitrogen and oxygen atoms in total. The van der Waals surface area contributed by atoms with E-state index in [1.807, 2.05) is 6.92 Å². The Morgan fingerprint density at radius 1 is 1.29 bits per heavy atom. The molecule has 0 heterocycles. The van der Waals surface area contributed by atoms with E-state index in [0.717, 1.165) is 5.92 Å². The number of hydrogen-bond acceptors (Lipinski definition) is 3. The van der Waals surface area contributed by atoms with Crippen LogP contribution in [0.2, 0.25) is 0 Å². The molecule has 0 aromatic carbocycles. The maximum atomic E-state index is 11.6. The van der Waals surface area contributed by atoms with Crippen LogP contribution in [0.4, 0.5) is 0 Å². The highest BCUT2D eigenvalue weighted by molar-refractivity contribution is 5.71. The van der Waals surface area contributed by atoms with E-state index in [9.17, 15) is 4.79 Å². The van der Waals surface area contributed by atoms with Crippen molar-refractivity contribution in [3.8, 4) is 0 Å². The minimum Gasteiger partial charge on any atom is -0.465 e. The first-order valence-corrected chi connectivity index (χ1v) is 6.96. The summed E-state index contributed by atoms with van der Waals surface area (Å²) in [6, 6.07) is 0.980. The summed E-state index contributed by atoms with van der Waals surface area (Å²) in [6.07, 6.45) is 5.02. The summed E-state index contributed by atoms with van der Waals surface area (Å²) < 4.78 is 5.05. The number of nitrogens with zero attached hydrogens (tertiary/aromatic N) is 1. The predicted molar refractivity (Wildman–Crippen MR) is 69.9 cm³/mol. The Hall–Kier alpha value is -0.570. The molecule has 1 aliphatic carbocycles. The van der Waals surface area contributed by atoms with Crippen molar-refractivity contribution in [1.82, 2.24) is 4.90 Å². The molecule has 0 amide bonds. The normalized spacial score (nSPS) is 25.3. The summed E-state index contributed by atoms with van der Waals surface area (Å²) in [7, 11) is 0. The molecule has 0 bridgehead atoms. The smallest absolute Gasteiger partial charge is 0.320 e. The van der Waals surface area contributed by atoms with Crippen LogP contribution >= 0.6 is 0 Å². The molecule has 1 saturated carbocycles. The lowest BCUT2D eigenvalue weighted by atomic mass is 9.86. The lowest BCUT2D eigenvalue weighted by molar-refractivity contribution is -0.145. The van der Waals surface area contributed by atoms with Gasteiger partial charge in [-0.25, -0.2) is 0 Å². The van der Waals surface area contributed by atoms with E-state index < -0.39 is 0 Å². The van der Waals surface area contributed by atoms with Crippen LogP contribution in [0.15, 0.2) is 0 Å². The van der Waals surface area contributed by atoms with Crippen molar-refractivity contribution in [1.29, 1.82) is 0 Å². The summed E-state index contributed by atoms with van der Waals surface area (Å²) in [5, 5.41) is 0. The fraction of sp³-hybridized carbons (Fsp3) is 0.929. The van der Waals surface area contributed by atoms with Crippen molar-refractivity contribution in [2.45, 2.75) is 65.5 Å². The second-order valence-corrected chi connectivity index (χ2v) is 5.48. The predicted octanol–water partition coefficient (Wildman–Crippen LogP) is 2.84. The third-order valence-corrected chi connectivity index (χ3v) is 3.73. The second-order valence-electron chi connectivity index (χ2n) is 5.48. The number of ether oxygens (including phenoxy) is 1. The first-order chi connectivity index (χ1) is 8.04. The lowest BCUT2D eigenvalue weighted by Gasteiger charge is -2.38. The largest absolute Gasteiger partial charge is 0.465 e. The average Bonchev–Trinajstić information content (AvgIpc) is 2.27. The van der Waals surface area contributed by atoms with Gasteiger partial charge in [-0.2, -0.15) is 0 Å². The van der Waals surface area contributed by atoms with E-state index in [0.29, 0.717) is 25.2 Å². The molecule has 1 fully saturated rings. The maximum absolute atomic E-state index is 11.6. The van der Waals surface area contributed by atoms with Crippen molar-refractivity contribution >= 4 is 5.97 Å². The van der Waals surface area contributed by atoms with Crippen LogP contribution in [-0.2, 0) is 9.53 Å². The lowest BCUT2D eigenvalue weighted by Crippen LogP contribution is -2.45. The topological polar surface area (TPSA) is 29.5 Å². The number of rotatable bonds is 5. The van der Waals surface area contributed by atoms with Crippen LogP contribution in [0.5, 0.6) is 0 Å². The fourth-order valence-corrected chi connectivity index (χ4v) is 2.66. The van der Waals surface area contributed by atoms with Gasteiger partial charge in [-0.1, -0.05) is 6.92 Å². The third-order valence-electron chi connectivity index (χ3n) is 3.73. The van der Waals surface area contributed by atoms with Gasteiger partial charge in [-0.15, -0.1) is 0 Å². The zero-order valence-electron chi connectivity index (χ0n) is 11.7. The van der Waals surface area contributed by atoms with Crippen molar-refractivity contribution in [3.05, 3.63) is 0 Å². The maximum Gasteiger partial charge on any atom is 0.320 e. The average molecular weight is 241 g/mol. The minimum atomic E-state index is -0.0835. The molecule has 0 radical (unpaired) electrons. The van der Waals surface area contributed by atoms with Gasteiger partial charge < -0.3 is 4.74 Å². The molecule has 0 aromatic rings. The van der Waals surface area contributed by atoms with Gasteiger partial charge in [-0.05, 0) is 52.4 Å². The summed E-state index contributed by atoms with van der Waals surface area (Å²) in [6.45, 7) is 9.44. The number of carbonyl (C=O) groups is 1. The van der Waals surface area contributed by atoms with Gasteiger partial charge in [0.2, 0.25) is 0 Å². The Kier molecular flexibility index (Phi) is 5.96. The van der Waals surface area contributed by atoms with E-state index in [1.165, 1.54) is 25.7 Å². The van der Waals surface area contributed by atoms with Crippen LogP contribution in [-0.4, -0.2) is 36.1 Å². The van der Waals surface area contributed by atoms with E-state index in [4.69, 9.17) is 4.74 Å². The van der Waals surface area contributed by atoms with Crippen LogP contribution < -0.4 is 0 Å². The van der Waals surface area contributed by atoms with Gasteiger partial charge in [0.1, 0.15) is 0 Å². The summed E-state index contributed by atoms with van der Waals surface area (Å²) in [4.78, 5) is 13.9. The molecule has 1 aliphatic rings. The summed E-state index contributed by atoms with van der Waals surface area (Å²) in [5.74, 6) is 0.766. The third kappa shape index (κ3) is 4.66. The molecule has 0 unspecified atom stereocenters. The molecule has 0 aromatic heterocycles. The quantitative estimate of drug-likeness (QED) is 0.693. The molecule has 0 N–H and O–H groups in total. The fourth-order valence-electron chi connectivity index (χ4n) is 2.66. The van der Waals surface area contributed by atoms with Gasteiger partial charge in [0.15, 0.2) is 0 Å². The molecular weight excluding hydrogens is 214 g/mol. The number of carbonyl (C=O) groups excluding carboxylic acids is 1. The molecule has 0 saturated heterocycles. The van der Waals surface area contributed by atoms with Crippen molar-refractivity contribution < 1.29 is 9.53 Å². The van der Waals surface area contributed by atoms with Crippen molar-refractivity contribution in [2.75, 3.05) is 13.2 Å². The molecular formula is C14H27NO2. The zero-order chi connectivity index (χ0) is 12.8. The molecule has 0 spiro atoms. The van der Waals surface area contributed by atoms with Crippen molar-refractivity contribution in [2.24, 2.45) is 5.92 Å². The molecule has 3 heteroatoms. The Labute approximate surface area is 106 Å². The molecule has 0 atom stereocenters. The van der Waals surface area contributed by atoms with Gasteiger partial charge in [0, 0.05) is 12.1 Å². The number of esters is 1. The zero-order valence-corrected chi connectivity index (χ0v) is 11.7. The molecule has 1 rings (SSSR count). The van der Waals surface area contributed by atoms with E-state index >= 15 is 0 Å². The number of hydrogen-bond donors (Lipinski definition) is 0. The summed E-state index contributed by atoms with van der Waals surface area (Å²) in [5.41, 5.74) is 0.